The summed E-state index contributed by atoms with van der Waals surface area (Å²) in [5, 5.41) is 8.44. The van der Waals surface area contributed by atoms with Crippen LogP contribution in [0.5, 0.6) is 5.75 Å². The summed E-state index contributed by atoms with van der Waals surface area (Å²) in [6, 6.07) is 3.32. The highest BCUT2D eigenvalue weighted by Crippen LogP contribution is 2.28. The molecule has 0 bridgehead atoms. The lowest BCUT2D eigenvalue weighted by Gasteiger charge is -2.09. The van der Waals surface area contributed by atoms with Crippen LogP contribution in [0.2, 0.25) is 0 Å². The van der Waals surface area contributed by atoms with Crippen molar-refractivity contribution in [1.82, 2.24) is 0 Å². The molecule has 0 aliphatic rings. The second kappa shape index (κ2) is 12.6. The van der Waals surface area contributed by atoms with Gasteiger partial charge in [-0.1, -0.05) is 19.9 Å². The number of aryl methyl sites for hydroxylation is 1. The monoisotopic (exact) mass is 348 g/mol. The van der Waals surface area contributed by atoms with E-state index in [0.29, 0.717) is 16.3 Å². The van der Waals surface area contributed by atoms with Crippen molar-refractivity contribution in [2.24, 2.45) is 0 Å². The third kappa shape index (κ3) is 7.91. The third-order valence-corrected chi connectivity index (χ3v) is 2.85. The molecule has 114 valence electrons. The van der Waals surface area contributed by atoms with Crippen molar-refractivity contribution in [3.05, 3.63) is 27.7 Å². The summed E-state index contributed by atoms with van der Waals surface area (Å²) in [7, 11) is 3.25. The van der Waals surface area contributed by atoms with Crippen molar-refractivity contribution in [2.45, 2.75) is 20.8 Å². The van der Waals surface area contributed by atoms with Gasteiger partial charge in [0.1, 0.15) is 5.75 Å². The summed E-state index contributed by atoms with van der Waals surface area (Å²) in [6.07, 6.45) is 0.633. The molecule has 0 saturated heterocycles. The Morgan fingerprint density at radius 2 is 1.85 bits per heavy atom. The molecule has 6 heteroatoms. The first-order chi connectivity index (χ1) is 9.47. The third-order valence-electron chi connectivity index (χ3n) is 1.80. The molecule has 0 heterocycles. The number of aldehydes is 1. The Balaban J connectivity index is 0. The topological polar surface area (TPSA) is 72.8 Å². The van der Waals surface area contributed by atoms with E-state index < -0.39 is 12.6 Å². The number of benzene rings is 1. The van der Waals surface area contributed by atoms with E-state index in [1.54, 1.807) is 26.4 Å². The van der Waals surface area contributed by atoms with E-state index in [0.717, 1.165) is 5.56 Å². The summed E-state index contributed by atoms with van der Waals surface area (Å²) >= 11 is 3.24. The zero-order valence-electron chi connectivity index (χ0n) is 12.4. The molecule has 0 fully saturated rings. The molecular formula is C14H21BrO5. The van der Waals surface area contributed by atoms with Crippen molar-refractivity contribution in [3.8, 4) is 5.75 Å². The number of ether oxygens (including phenoxy) is 2. The first kappa shape index (κ1) is 20.9. The highest BCUT2D eigenvalue weighted by Gasteiger charge is 2.10. The van der Waals surface area contributed by atoms with Crippen LogP contribution in [0.15, 0.2) is 16.6 Å². The molecule has 0 radical (unpaired) electrons. The fourth-order valence-electron chi connectivity index (χ4n) is 1.06. The number of halogens is 1. The normalized spacial score (nSPS) is 8.50. The van der Waals surface area contributed by atoms with Crippen molar-refractivity contribution in [3.63, 3.8) is 0 Å². The number of hydrogen-bond acceptors (Lipinski definition) is 4. The number of aliphatic carboxylic acids is 1. The van der Waals surface area contributed by atoms with Gasteiger partial charge in [-0.2, -0.15) is 0 Å². The molecule has 0 unspecified atom stereocenters. The largest absolute Gasteiger partial charge is 0.481 e. The number of carboxylic acids is 1. The molecule has 0 aliphatic heterocycles. The van der Waals surface area contributed by atoms with Crippen LogP contribution >= 0.6 is 15.9 Å². The van der Waals surface area contributed by atoms with Gasteiger partial charge in [0.15, 0.2) is 12.9 Å². The molecule has 0 spiro atoms. The number of hydrogen-bond donors (Lipinski definition) is 1. The first-order valence-electron chi connectivity index (χ1n) is 5.96. The van der Waals surface area contributed by atoms with Crippen LogP contribution in [0.25, 0.3) is 0 Å². The molecule has 1 aromatic carbocycles. The molecule has 0 aliphatic carbocycles. The molecule has 0 atom stereocenters. The maximum Gasteiger partial charge on any atom is 0.341 e. The molecule has 0 amide bonds. The molecule has 20 heavy (non-hydrogen) atoms. The van der Waals surface area contributed by atoms with Crippen LogP contribution in [0.1, 0.15) is 29.8 Å². The summed E-state index contributed by atoms with van der Waals surface area (Å²) < 4.78 is 9.84. The molecule has 1 aromatic rings. The molecule has 1 rings (SSSR count). The summed E-state index contributed by atoms with van der Waals surface area (Å²) in [4.78, 5) is 21.1. The average molecular weight is 349 g/mol. The van der Waals surface area contributed by atoms with Gasteiger partial charge in [-0.3, -0.25) is 4.79 Å². The van der Waals surface area contributed by atoms with Gasteiger partial charge in [-0.25, -0.2) is 4.79 Å². The Bertz CT molecular complexity index is 418. The number of carboxylic acid groups (broad SMARTS) is 1. The Morgan fingerprint density at radius 3 is 2.25 bits per heavy atom. The van der Waals surface area contributed by atoms with E-state index in [1.165, 1.54) is 0 Å². The quantitative estimate of drug-likeness (QED) is 0.845. The lowest BCUT2D eigenvalue weighted by Crippen LogP contribution is -2.10. The van der Waals surface area contributed by atoms with Gasteiger partial charge in [0.05, 0.1) is 5.56 Å². The van der Waals surface area contributed by atoms with Crippen LogP contribution in [0, 0.1) is 6.92 Å². The second-order valence-corrected chi connectivity index (χ2v) is 4.11. The Morgan fingerprint density at radius 1 is 1.35 bits per heavy atom. The van der Waals surface area contributed by atoms with Gasteiger partial charge in [-0.15, -0.1) is 0 Å². The summed E-state index contributed by atoms with van der Waals surface area (Å²) in [5.74, 6) is -0.812. The molecule has 1 N–H and O–H groups in total. The van der Waals surface area contributed by atoms with E-state index in [1.807, 2.05) is 20.8 Å². The standard InChI is InChI=1S/C10H9BrO4.C2H6O.C2H6/c1-6-2-3-8(15-5-9(13)14)7(4-12)10(6)11;1-3-2;1-2/h2-4H,5H2,1H3,(H,13,14);1-2H3;1-2H3. The lowest BCUT2D eigenvalue weighted by molar-refractivity contribution is -0.139. The Hall–Kier alpha value is -1.40. The Labute approximate surface area is 128 Å². The van der Waals surface area contributed by atoms with E-state index in [2.05, 4.69) is 20.7 Å². The van der Waals surface area contributed by atoms with Gasteiger partial charge >= 0.3 is 5.97 Å². The minimum absolute atomic E-state index is 0.268. The molecule has 0 aromatic heterocycles. The number of carbonyl (C=O) groups is 2. The van der Waals surface area contributed by atoms with Gasteiger partial charge in [0, 0.05) is 18.7 Å². The van der Waals surface area contributed by atoms with Crippen LogP contribution in [0.3, 0.4) is 0 Å². The van der Waals surface area contributed by atoms with Crippen LogP contribution < -0.4 is 4.74 Å². The first-order valence-corrected chi connectivity index (χ1v) is 6.76. The van der Waals surface area contributed by atoms with Gasteiger partial charge in [0.25, 0.3) is 0 Å². The maximum atomic E-state index is 10.8. The van der Waals surface area contributed by atoms with E-state index in [4.69, 9.17) is 9.84 Å². The minimum atomic E-state index is -1.08. The predicted octanol–water partition coefficient (Wildman–Crippen LogP) is 3.32. The highest BCUT2D eigenvalue weighted by molar-refractivity contribution is 9.10. The van der Waals surface area contributed by atoms with Crippen molar-refractivity contribution in [2.75, 3.05) is 20.8 Å². The zero-order valence-corrected chi connectivity index (χ0v) is 14.0. The number of methoxy groups -OCH3 is 1. The van der Waals surface area contributed by atoms with Crippen molar-refractivity contribution < 1.29 is 24.2 Å². The smallest absolute Gasteiger partial charge is 0.341 e. The average Bonchev–Trinajstić information content (AvgIpc) is 2.43. The van der Waals surface area contributed by atoms with E-state index in [-0.39, 0.29) is 5.75 Å². The van der Waals surface area contributed by atoms with E-state index >= 15 is 0 Å². The lowest BCUT2D eigenvalue weighted by atomic mass is 10.1. The van der Waals surface area contributed by atoms with Gasteiger partial charge in [0.2, 0.25) is 0 Å². The van der Waals surface area contributed by atoms with Crippen LogP contribution in [-0.4, -0.2) is 38.2 Å². The van der Waals surface area contributed by atoms with Crippen LogP contribution in [0.4, 0.5) is 0 Å². The Kier molecular flexibility index (Phi) is 13.2. The SMILES string of the molecule is CC.COC.Cc1ccc(OCC(=O)O)c(C=O)c1Br. The van der Waals surface area contributed by atoms with Crippen molar-refractivity contribution in [1.29, 1.82) is 0 Å². The minimum Gasteiger partial charge on any atom is -0.481 e. The molecule has 5 nitrogen and oxygen atoms in total. The van der Waals surface area contributed by atoms with Gasteiger partial charge < -0.3 is 14.6 Å². The number of carbonyl (C=O) groups excluding carboxylic acids is 1. The van der Waals surface area contributed by atoms with Crippen LogP contribution in [-0.2, 0) is 9.53 Å². The number of rotatable bonds is 4. The fourth-order valence-corrected chi connectivity index (χ4v) is 1.48. The molecular weight excluding hydrogens is 328 g/mol. The van der Waals surface area contributed by atoms with Gasteiger partial charge in [-0.05, 0) is 34.5 Å². The predicted molar refractivity (Wildman–Crippen MR) is 81.7 cm³/mol. The molecule has 0 saturated carbocycles. The summed E-state index contributed by atoms with van der Waals surface area (Å²) in [5.41, 5.74) is 1.22. The van der Waals surface area contributed by atoms with Crippen molar-refractivity contribution >= 4 is 28.2 Å². The highest BCUT2D eigenvalue weighted by atomic mass is 79.9. The second-order valence-electron chi connectivity index (χ2n) is 3.32. The maximum absolute atomic E-state index is 10.8. The fraction of sp³-hybridized carbons (Fsp3) is 0.429. The summed E-state index contributed by atoms with van der Waals surface area (Å²) in [6.45, 7) is 5.37. The van der Waals surface area contributed by atoms with E-state index in [9.17, 15) is 9.59 Å². The zero-order chi connectivity index (χ0) is 16.1.